The number of amides is 1. The van der Waals surface area contributed by atoms with Crippen molar-refractivity contribution >= 4 is 33.6 Å². The maximum Gasteiger partial charge on any atom is 0.417 e. The molecule has 1 aromatic carbocycles. The average molecular weight is 384 g/mol. The first kappa shape index (κ1) is 18.4. The summed E-state index contributed by atoms with van der Waals surface area (Å²) in [4.78, 5) is 13.9. The third-order valence-electron chi connectivity index (χ3n) is 3.22. The van der Waals surface area contributed by atoms with E-state index < -0.39 is 17.6 Å². The molecule has 0 N–H and O–H groups in total. The van der Waals surface area contributed by atoms with Gasteiger partial charge >= 0.3 is 6.18 Å². The molecule has 21 heavy (non-hydrogen) atoms. The quantitative estimate of drug-likeness (QED) is 0.735. The van der Waals surface area contributed by atoms with E-state index in [4.69, 9.17) is 0 Å². The lowest BCUT2D eigenvalue weighted by Gasteiger charge is -2.27. The third kappa shape index (κ3) is 4.64. The van der Waals surface area contributed by atoms with E-state index in [0.717, 1.165) is 18.2 Å². The number of benzene rings is 1. The minimum absolute atomic E-state index is 0.00508. The lowest BCUT2D eigenvalue weighted by atomic mass is 10.1. The fourth-order valence-corrected chi connectivity index (χ4v) is 3.26. The SMILES string of the molecule is CCC(CSC)N(C)C(=O)c1ccc(Br)c(C(F)(F)F)c1. The number of thioether (sulfide) groups is 1. The lowest BCUT2D eigenvalue weighted by molar-refractivity contribution is -0.138. The van der Waals surface area contributed by atoms with E-state index in [1.807, 2.05) is 13.2 Å². The Morgan fingerprint density at radius 2 is 2.05 bits per heavy atom. The fraction of sp³-hybridized carbons (Fsp3) is 0.500. The first-order valence-electron chi connectivity index (χ1n) is 6.35. The molecule has 1 rings (SSSR count). The molecule has 0 saturated heterocycles. The normalized spacial score (nSPS) is 13.1. The molecular formula is C14H17BrF3NOS. The van der Waals surface area contributed by atoms with E-state index >= 15 is 0 Å². The molecule has 1 unspecified atom stereocenters. The van der Waals surface area contributed by atoms with Gasteiger partial charge in [0.25, 0.3) is 5.91 Å². The Hall–Kier alpha value is -0.690. The minimum Gasteiger partial charge on any atom is -0.338 e. The van der Waals surface area contributed by atoms with Crippen molar-refractivity contribution in [2.24, 2.45) is 0 Å². The molecule has 0 saturated carbocycles. The predicted molar refractivity (Wildman–Crippen MR) is 83.7 cm³/mol. The molecule has 1 amide bonds. The Labute approximate surface area is 135 Å². The highest BCUT2D eigenvalue weighted by Gasteiger charge is 2.34. The number of halogens is 4. The van der Waals surface area contributed by atoms with Crippen LogP contribution in [0.5, 0.6) is 0 Å². The van der Waals surface area contributed by atoms with Gasteiger partial charge in [-0.3, -0.25) is 4.79 Å². The summed E-state index contributed by atoms with van der Waals surface area (Å²) in [7, 11) is 1.63. The summed E-state index contributed by atoms with van der Waals surface area (Å²) in [5, 5.41) is 0. The van der Waals surface area contributed by atoms with Crippen molar-refractivity contribution in [2.75, 3.05) is 19.1 Å². The maximum absolute atomic E-state index is 12.9. The number of carbonyl (C=O) groups excluding carboxylic acids is 1. The fourth-order valence-electron chi connectivity index (χ4n) is 1.94. The Bertz CT molecular complexity index is 507. The van der Waals surface area contributed by atoms with E-state index in [1.165, 1.54) is 17.0 Å². The van der Waals surface area contributed by atoms with E-state index in [-0.39, 0.29) is 16.1 Å². The number of rotatable bonds is 5. The Morgan fingerprint density at radius 1 is 1.43 bits per heavy atom. The second-order valence-corrected chi connectivity index (χ2v) is 6.39. The van der Waals surface area contributed by atoms with Crippen molar-refractivity contribution in [3.63, 3.8) is 0 Å². The van der Waals surface area contributed by atoms with Gasteiger partial charge in [-0.2, -0.15) is 24.9 Å². The summed E-state index contributed by atoms with van der Waals surface area (Å²) in [5.41, 5.74) is -0.785. The van der Waals surface area contributed by atoms with E-state index in [1.54, 1.807) is 18.8 Å². The van der Waals surface area contributed by atoms with Crippen LogP contribution in [-0.4, -0.2) is 35.9 Å². The monoisotopic (exact) mass is 383 g/mol. The topological polar surface area (TPSA) is 20.3 Å². The second-order valence-electron chi connectivity index (χ2n) is 4.63. The smallest absolute Gasteiger partial charge is 0.338 e. The molecule has 0 radical (unpaired) electrons. The van der Waals surface area contributed by atoms with Crippen LogP contribution in [0, 0.1) is 0 Å². The molecule has 0 aromatic heterocycles. The highest BCUT2D eigenvalue weighted by molar-refractivity contribution is 9.10. The van der Waals surface area contributed by atoms with Crippen LogP contribution in [0.3, 0.4) is 0 Å². The molecule has 0 aliphatic rings. The van der Waals surface area contributed by atoms with Crippen molar-refractivity contribution in [1.29, 1.82) is 0 Å². The Kier molecular flexibility index (Phi) is 6.59. The van der Waals surface area contributed by atoms with Crippen LogP contribution in [0.1, 0.15) is 29.3 Å². The predicted octanol–water partition coefficient (Wildman–Crippen LogP) is 4.68. The van der Waals surface area contributed by atoms with Crippen molar-refractivity contribution < 1.29 is 18.0 Å². The standard InChI is InChI=1S/C14H17BrF3NOS/c1-4-10(8-21-3)19(2)13(20)9-5-6-12(15)11(7-9)14(16,17)18/h5-7,10H,4,8H2,1-3H3. The molecule has 1 aromatic rings. The minimum atomic E-state index is -4.49. The number of nitrogens with zero attached hydrogens (tertiary/aromatic N) is 1. The molecule has 0 aliphatic heterocycles. The van der Waals surface area contributed by atoms with Gasteiger partial charge in [0.2, 0.25) is 0 Å². The highest BCUT2D eigenvalue weighted by Crippen LogP contribution is 2.35. The zero-order valence-electron chi connectivity index (χ0n) is 12.0. The number of hydrogen-bond donors (Lipinski definition) is 0. The molecule has 0 heterocycles. The summed E-state index contributed by atoms with van der Waals surface area (Å²) in [6.45, 7) is 1.95. The van der Waals surface area contributed by atoms with E-state index in [2.05, 4.69) is 15.9 Å². The number of carbonyl (C=O) groups is 1. The van der Waals surface area contributed by atoms with Gasteiger partial charge in [0, 0.05) is 28.9 Å². The van der Waals surface area contributed by atoms with Gasteiger partial charge < -0.3 is 4.90 Å². The molecule has 0 fully saturated rings. The van der Waals surface area contributed by atoms with Crippen LogP contribution in [-0.2, 0) is 6.18 Å². The van der Waals surface area contributed by atoms with E-state index in [9.17, 15) is 18.0 Å². The van der Waals surface area contributed by atoms with Gasteiger partial charge in [0.15, 0.2) is 0 Å². The zero-order valence-corrected chi connectivity index (χ0v) is 14.4. The van der Waals surface area contributed by atoms with Crippen LogP contribution in [0.25, 0.3) is 0 Å². The molecule has 2 nitrogen and oxygen atoms in total. The summed E-state index contributed by atoms with van der Waals surface area (Å²) >= 11 is 4.48. The molecule has 7 heteroatoms. The van der Waals surface area contributed by atoms with E-state index in [0.29, 0.717) is 0 Å². The largest absolute Gasteiger partial charge is 0.417 e. The van der Waals surface area contributed by atoms with Crippen LogP contribution in [0.2, 0.25) is 0 Å². The van der Waals surface area contributed by atoms with Gasteiger partial charge in [0.05, 0.1) is 5.56 Å². The zero-order chi connectivity index (χ0) is 16.2. The molecule has 1 atom stereocenters. The molecular weight excluding hydrogens is 367 g/mol. The van der Waals surface area contributed by atoms with Gasteiger partial charge in [-0.25, -0.2) is 0 Å². The lowest BCUT2D eigenvalue weighted by Crippen LogP contribution is -2.38. The van der Waals surface area contributed by atoms with Crippen molar-refractivity contribution in [3.8, 4) is 0 Å². The van der Waals surface area contributed by atoms with Crippen molar-refractivity contribution in [2.45, 2.75) is 25.6 Å². The van der Waals surface area contributed by atoms with Crippen molar-refractivity contribution in [3.05, 3.63) is 33.8 Å². The van der Waals surface area contributed by atoms with Gasteiger partial charge in [-0.1, -0.05) is 22.9 Å². The van der Waals surface area contributed by atoms with Crippen LogP contribution in [0.4, 0.5) is 13.2 Å². The number of alkyl halides is 3. The Balaban J connectivity index is 3.08. The Morgan fingerprint density at radius 3 is 2.52 bits per heavy atom. The van der Waals surface area contributed by atoms with Gasteiger partial charge in [-0.05, 0) is 30.9 Å². The number of hydrogen-bond acceptors (Lipinski definition) is 2. The molecule has 0 bridgehead atoms. The summed E-state index contributed by atoms with van der Waals surface area (Å²) < 4.78 is 38.6. The average Bonchev–Trinajstić information content (AvgIpc) is 2.42. The molecule has 118 valence electrons. The van der Waals surface area contributed by atoms with Crippen LogP contribution >= 0.6 is 27.7 Å². The molecule has 0 spiro atoms. The molecule has 0 aliphatic carbocycles. The first-order valence-corrected chi connectivity index (χ1v) is 8.53. The summed E-state index contributed by atoms with van der Waals surface area (Å²) in [6.07, 6.45) is -1.80. The van der Waals surface area contributed by atoms with Crippen molar-refractivity contribution in [1.82, 2.24) is 4.90 Å². The second kappa shape index (κ2) is 7.54. The highest BCUT2D eigenvalue weighted by atomic mass is 79.9. The summed E-state index contributed by atoms with van der Waals surface area (Å²) in [6, 6.07) is 3.57. The summed E-state index contributed by atoms with van der Waals surface area (Å²) in [5.74, 6) is 0.357. The first-order chi connectivity index (χ1) is 9.72. The third-order valence-corrected chi connectivity index (χ3v) is 4.63. The van der Waals surface area contributed by atoms with Gasteiger partial charge in [-0.15, -0.1) is 0 Å². The van der Waals surface area contributed by atoms with Crippen LogP contribution in [0.15, 0.2) is 22.7 Å². The van der Waals surface area contributed by atoms with Gasteiger partial charge in [0.1, 0.15) is 0 Å². The maximum atomic E-state index is 12.9. The van der Waals surface area contributed by atoms with Crippen LogP contribution < -0.4 is 0 Å².